The first-order valence-corrected chi connectivity index (χ1v) is 6.07. The van der Waals surface area contributed by atoms with E-state index in [1.54, 1.807) is 0 Å². The summed E-state index contributed by atoms with van der Waals surface area (Å²) in [6, 6.07) is 1.52. The van der Waals surface area contributed by atoms with Crippen LogP contribution in [0.3, 0.4) is 0 Å². The van der Waals surface area contributed by atoms with Gasteiger partial charge in [0, 0.05) is 31.7 Å². The third kappa shape index (κ3) is 2.86. The SMILES string of the molecule is C[C@H]1CN(C2CCCC2(C)C)CCN1.Cl. The summed E-state index contributed by atoms with van der Waals surface area (Å²) in [6.45, 7) is 10.9. The fraction of sp³-hybridized carbons (Fsp3) is 1.00. The molecule has 0 spiro atoms. The molecule has 2 aliphatic rings. The molecular formula is C12H25ClN2. The minimum absolute atomic E-state index is 0. The molecule has 2 rings (SSSR count). The van der Waals surface area contributed by atoms with Gasteiger partial charge in [0.05, 0.1) is 0 Å². The molecule has 2 fully saturated rings. The lowest BCUT2D eigenvalue weighted by molar-refractivity contribution is 0.0847. The minimum Gasteiger partial charge on any atom is -0.312 e. The van der Waals surface area contributed by atoms with Gasteiger partial charge >= 0.3 is 0 Å². The van der Waals surface area contributed by atoms with Gasteiger partial charge in [0.25, 0.3) is 0 Å². The molecule has 0 radical (unpaired) electrons. The maximum absolute atomic E-state index is 3.52. The Morgan fingerprint density at radius 2 is 2.07 bits per heavy atom. The van der Waals surface area contributed by atoms with Crippen molar-refractivity contribution in [2.75, 3.05) is 19.6 Å². The summed E-state index contributed by atoms with van der Waals surface area (Å²) >= 11 is 0. The van der Waals surface area contributed by atoms with E-state index >= 15 is 0 Å². The lowest BCUT2D eigenvalue weighted by Gasteiger charge is -2.42. The molecule has 90 valence electrons. The first kappa shape index (κ1) is 13.3. The average molecular weight is 233 g/mol. The lowest BCUT2D eigenvalue weighted by atomic mass is 9.86. The van der Waals surface area contributed by atoms with Crippen LogP contribution in [0.1, 0.15) is 40.0 Å². The number of hydrogen-bond acceptors (Lipinski definition) is 2. The number of nitrogens with one attached hydrogen (secondary N) is 1. The van der Waals surface area contributed by atoms with Crippen LogP contribution < -0.4 is 5.32 Å². The Hall–Kier alpha value is 0.210. The summed E-state index contributed by atoms with van der Waals surface area (Å²) < 4.78 is 0. The zero-order valence-corrected chi connectivity index (χ0v) is 11.1. The predicted octanol–water partition coefficient (Wildman–Crippen LogP) is 2.28. The lowest BCUT2D eigenvalue weighted by Crippen LogP contribution is -2.55. The van der Waals surface area contributed by atoms with E-state index < -0.39 is 0 Å². The van der Waals surface area contributed by atoms with Crippen LogP contribution in [-0.2, 0) is 0 Å². The molecule has 0 aromatic heterocycles. The van der Waals surface area contributed by atoms with Crippen molar-refractivity contribution < 1.29 is 0 Å². The summed E-state index contributed by atoms with van der Waals surface area (Å²) in [6.07, 6.45) is 4.26. The summed E-state index contributed by atoms with van der Waals surface area (Å²) in [4.78, 5) is 2.72. The fourth-order valence-corrected chi connectivity index (χ4v) is 3.23. The Bertz CT molecular complexity index is 206. The molecule has 1 aliphatic carbocycles. The van der Waals surface area contributed by atoms with Gasteiger partial charge in [-0.2, -0.15) is 0 Å². The Labute approximate surface area is 100 Å². The Morgan fingerprint density at radius 3 is 2.60 bits per heavy atom. The molecule has 1 aliphatic heterocycles. The van der Waals surface area contributed by atoms with Gasteiger partial charge in [-0.3, -0.25) is 4.90 Å². The normalized spacial score (nSPS) is 36.2. The number of rotatable bonds is 1. The fourth-order valence-electron chi connectivity index (χ4n) is 3.23. The number of hydrogen-bond donors (Lipinski definition) is 1. The summed E-state index contributed by atoms with van der Waals surface area (Å²) in [5, 5.41) is 3.52. The highest BCUT2D eigenvalue weighted by molar-refractivity contribution is 5.85. The third-order valence-corrected chi connectivity index (χ3v) is 4.04. The van der Waals surface area contributed by atoms with E-state index in [1.807, 2.05) is 0 Å². The highest BCUT2D eigenvalue weighted by atomic mass is 35.5. The molecule has 1 saturated carbocycles. The average Bonchev–Trinajstić information content (AvgIpc) is 2.45. The van der Waals surface area contributed by atoms with E-state index in [9.17, 15) is 0 Å². The van der Waals surface area contributed by atoms with E-state index in [0.29, 0.717) is 11.5 Å². The largest absolute Gasteiger partial charge is 0.312 e. The van der Waals surface area contributed by atoms with Crippen LogP contribution in [0, 0.1) is 5.41 Å². The second-order valence-corrected chi connectivity index (χ2v) is 5.75. The van der Waals surface area contributed by atoms with Crippen LogP contribution in [0.5, 0.6) is 0 Å². The van der Waals surface area contributed by atoms with Crippen molar-refractivity contribution in [2.24, 2.45) is 5.41 Å². The van der Waals surface area contributed by atoms with Crippen molar-refractivity contribution in [3.63, 3.8) is 0 Å². The highest BCUT2D eigenvalue weighted by Crippen LogP contribution is 2.40. The second kappa shape index (κ2) is 5.03. The van der Waals surface area contributed by atoms with E-state index in [0.717, 1.165) is 6.04 Å². The van der Waals surface area contributed by atoms with Crippen molar-refractivity contribution in [3.8, 4) is 0 Å². The summed E-state index contributed by atoms with van der Waals surface area (Å²) in [5.41, 5.74) is 0.553. The molecule has 0 amide bonds. The van der Waals surface area contributed by atoms with Gasteiger partial charge in [0.15, 0.2) is 0 Å². The van der Waals surface area contributed by atoms with Crippen LogP contribution in [0.15, 0.2) is 0 Å². The summed E-state index contributed by atoms with van der Waals surface area (Å²) in [5.74, 6) is 0. The van der Waals surface area contributed by atoms with E-state index in [1.165, 1.54) is 38.9 Å². The zero-order chi connectivity index (χ0) is 10.2. The third-order valence-electron chi connectivity index (χ3n) is 4.04. The molecule has 2 atom stereocenters. The van der Waals surface area contributed by atoms with Crippen molar-refractivity contribution in [2.45, 2.75) is 52.1 Å². The number of halogens is 1. The standard InChI is InChI=1S/C12H24N2.ClH/c1-10-9-14(8-7-13-10)11-5-4-6-12(11,2)3;/h10-11,13H,4-9H2,1-3H3;1H/t10-,11?;/m0./s1. The molecule has 1 unspecified atom stereocenters. The van der Waals surface area contributed by atoms with Crippen molar-refractivity contribution in [1.29, 1.82) is 0 Å². The maximum Gasteiger partial charge on any atom is 0.0167 e. The van der Waals surface area contributed by atoms with Crippen LogP contribution in [0.2, 0.25) is 0 Å². The topological polar surface area (TPSA) is 15.3 Å². The second-order valence-electron chi connectivity index (χ2n) is 5.75. The molecule has 0 aromatic carbocycles. The van der Waals surface area contributed by atoms with E-state index in [2.05, 4.69) is 31.0 Å². The van der Waals surface area contributed by atoms with Gasteiger partial charge in [-0.1, -0.05) is 20.3 Å². The molecule has 0 aromatic rings. The number of piperazine rings is 1. The van der Waals surface area contributed by atoms with Crippen molar-refractivity contribution in [3.05, 3.63) is 0 Å². The van der Waals surface area contributed by atoms with Crippen LogP contribution >= 0.6 is 12.4 Å². The Kier molecular flexibility index (Phi) is 4.45. The van der Waals surface area contributed by atoms with E-state index in [-0.39, 0.29) is 12.4 Å². The minimum atomic E-state index is 0. The Morgan fingerprint density at radius 1 is 1.33 bits per heavy atom. The van der Waals surface area contributed by atoms with Crippen molar-refractivity contribution >= 4 is 12.4 Å². The first-order chi connectivity index (χ1) is 6.59. The van der Waals surface area contributed by atoms with Crippen molar-refractivity contribution in [1.82, 2.24) is 10.2 Å². The molecule has 15 heavy (non-hydrogen) atoms. The quantitative estimate of drug-likeness (QED) is 0.747. The van der Waals surface area contributed by atoms with Gasteiger partial charge in [0.1, 0.15) is 0 Å². The van der Waals surface area contributed by atoms with Gasteiger partial charge in [-0.15, -0.1) is 12.4 Å². The molecule has 1 heterocycles. The molecule has 1 N–H and O–H groups in total. The molecule has 0 bridgehead atoms. The van der Waals surface area contributed by atoms with E-state index in [4.69, 9.17) is 0 Å². The van der Waals surface area contributed by atoms with Gasteiger partial charge in [-0.25, -0.2) is 0 Å². The smallest absolute Gasteiger partial charge is 0.0167 e. The number of nitrogens with zero attached hydrogens (tertiary/aromatic N) is 1. The van der Waals surface area contributed by atoms with Crippen LogP contribution in [-0.4, -0.2) is 36.6 Å². The van der Waals surface area contributed by atoms with Gasteiger partial charge in [0.2, 0.25) is 0 Å². The first-order valence-electron chi connectivity index (χ1n) is 6.07. The highest BCUT2D eigenvalue weighted by Gasteiger charge is 2.39. The monoisotopic (exact) mass is 232 g/mol. The van der Waals surface area contributed by atoms with Crippen LogP contribution in [0.4, 0.5) is 0 Å². The Balaban J connectivity index is 0.00000112. The maximum atomic E-state index is 3.52. The van der Waals surface area contributed by atoms with Crippen LogP contribution in [0.25, 0.3) is 0 Å². The van der Waals surface area contributed by atoms with Gasteiger partial charge in [-0.05, 0) is 25.2 Å². The molecular weight excluding hydrogens is 208 g/mol. The molecule has 1 saturated heterocycles. The molecule has 2 nitrogen and oxygen atoms in total. The van der Waals surface area contributed by atoms with Gasteiger partial charge < -0.3 is 5.32 Å². The molecule has 3 heteroatoms. The zero-order valence-electron chi connectivity index (χ0n) is 10.3. The summed E-state index contributed by atoms with van der Waals surface area (Å²) in [7, 11) is 0. The predicted molar refractivity (Wildman–Crippen MR) is 67.7 cm³/mol.